The molecular formula is C11H12N4O. The van der Waals surface area contributed by atoms with Crippen LogP contribution < -0.4 is 5.73 Å². The minimum Gasteiger partial charge on any atom is -0.397 e. The Labute approximate surface area is 92.7 Å². The van der Waals surface area contributed by atoms with Gasteiger partial charge in [0, 0.05) is 12.1 Å². The second-order valence-electron chi connectivity index (χ2n) is 4.05. The topological polar surface area (TPSA) is 77.8 Å². The Balaban J connectivity index is 1.95. The summed E-state index contributed by atoms with van der Waals surface area (Å²) in [6.45, 7) is 0. The Morgan fingerprint density at radius 3 is 2.94 bits per heavy atom. The van der Waals surface area contributed by atoms with E-state index in [1.165, 1.54) is 6.42 Å². The Kier molecular flexibility index (Phi) is 2.09. The van der Waals surface area contributed by atoms with Crippen LogP contribution >= 0.6 is 0 Å². The molecule has 1 fully saturated rings. The molecule has 0 atom stereocenters. The minimum atomic E-state index is 0.473. The number of rotatable bonds is 2. The van der Waals surface area contributed by atoms with E-state index in [0.717, 1.165) is 24.2 Å². The molecule has 2 aromatic heterocycles. The molecule has 5 nitrogen and oxygen atoms in total. The van der Waals surface area contributed by atoms with Crippen molar-refractivity contribution in [3.63, 3.8) is 0 Å². The van der Waals surface area contributed by atoms with Crippen LogP contribution in [-0.2, 0) is 0 Å². The first-order valence-electron chi connectivity index (χ1n) is 5.38. The van der Waals surface area contributed by atoms with E-state index in [1.807, 2.05) is 0 Å². The van der Waals surface area contributed by atoms with Gasteiger partial charge in [0.1, 0.15) is 0 Å². The van der Waals surface area contributed by atoms with E-state index < -0.39 is 0 Å². The zero-order chi connectivity index (χ0) is 11.0. The van der Waals surface area contributed by atoms with Crippen LogP contribution in [-0.4, -0.2) is 15.1 Å². The number of pyridine rings is 1. The van der Waals surface area contributed by atoms with Gasteiger partial charge in [-0.15, -0.1) is 0 Å². The Morgan fingerprint density at radius 1 is 1.38 bits per heavy atom. The second-order valence-corrected chi connectivity index (χ2v) is 4.05. The summed E-state index contributed by atoms with van der Waals surface area (Å²) in [5.41, 5.74) is 7.11. The summed E-state index contributed by atoms with van der Waals surface area (Å²) in [7, 11) is 0. The van der Waals surface area contributed by atoms with E-state index in [1.54, 1.807) is 18.5 Å². The summed E-state index contributed by atoms with van der Waals surface area (Å²) in [5.74, 6) is 1.76. The lowest BCUT2D eigenvalue weighted by molar-refractivity contribution is 0.366. The van der Waals surface area contributed by atoms with Crippen molar-refractivity contribution in [1.82, 2.24) is 15.1 Å². The first-order valence-corrected chi connectivity index (χ1v) is 5.38. The molecular weight excluding hydrogens is 204 g/mol. The van der Waals surface area contributed by atoms with Gasteiger partial charge in [-0.1, -0.05) is 11.6 Å². The fourth-order valence-electron chi connectivity index (χ4n) is 1.78. The largest absolute Gasteiger partial charge is 0.397 e. The highest BCUT2D eigenvalue weighted by Gasteiger charge is 2.25. The molecule has 1 aliphatic rings. The summed E-state index contributed by atoms with van der Waals surface area (Å²) >= 11 is 0. The summed E-state index contributed by atoms with van der Waals surface area (Å²) in [6, 6.07) is 1.79. The molecule has 82 valence electrons. The fraction of sp³-hybridized carbons (Fsp3) is 0.364. The van der Waals surface area contributed by atoms with Crippen LogP contribution in [0.25, 0.3) is 11.5 Å². The number of hydrogen-bond donors (Lipinski definition) is 1. The molecule has 0 aliphatic heterocycles. The maximum Gasteiger partial charge on any atom is 0.260 e. The highest BCUT2D eigenvalue weighted by Crippen LogP contribution is 2.35. The van der Waals surface area contributed by atoms with Gasteiger partial charge in [0.25, 0.3) is 5.89 Å². The molecule has 0 aromatic carbocycles. The van der Waals surface area contributed by atoms with Gasteiger partial charge in [-0.2, -0.15) is 4.98 Å². The van der Waals surface area contributed by atoms with E-state index >= 15 is 0 Å². The Hall–Kier alpha value is -1.91. The van der Waals surface area contributed by atoms with E-state index in [-0.39, 0.29) is 0 Å². The fourth-order valence-corrected chi connectivity index (χ4v) is 1.78. The number of nitrogens with two attached hydrogens (primary N) is 1. The van der Waals surface area contributed by atoms with Gasteiger partial charge in [-0.05, 0) is 18.9 Å². The van der Waals surface area contributed by atoms with Crippen molar-refractivity contribution in [3.8, 4) is 11.5 Å². The first-order chi connectivity index (χ1) is 7.84. The minimum absolute atomic E-state index is 0.473. The predicted molar refractivity (Wildman–Crippen MR) is 58.5 cm³/mol. The van der Waals surface area contributed by atoms with Crippen LogP contribution in [0.15, 0.2) is 23.0 Å². The third-order valence-electron chi connectivity index (χ3n) is 2.99. The first kappa shape index (κ1) is 9.33. The van der Waals surface area contributed by atoms with Crippen LogP contribution in [0.4, 0.5) is 5.69 Å². The average Bonchev–Trinajstić information content (AvgIpc) is 2.65. The SMILES string of the molecule is Nc1cnccc1-c1nc(C2CCC2)no1. The highest BCUT2D eigenvalue weighted by atomic mass is 16.5. The van der Waals surface area contributed by atoms with Crippen LogP contribution in [0.2, 0.25) is 0 Å². The molecule has 0 radical (unpaired) electrons. The van der Waals surface area contributed by atoms with Crippen LogP contribution in [0.5, 0.6) is 0 Å². The van der Waals surface area contributed by atoms with Crippen molar-refractivity contribution in [2.75, 3.05) is 5.73 Å². The van der Waals surface area contributed by atoms with Gasteiger partial charge < -0.3 is 10.3 Å². The quantitative estimate of drug-likeness (QED) is 0.830. The molecule has 2 heterocycles. The molecule has 0 amide bonds. The summed E-state index contributed by atoms with van der Waals surface area (Å²) in [4.78, 5) is 8.30. The van der Waals surface area contributed by atoms with Crippen molar-refractivity contribution < 1.29 is 4.52 Å². The van der Waals surface area contributed by atoms with Crippen molar-refractivity contribution in [3.05, 3.63) is 24.3 Å². The molecule has 0 spiro atoms. The van der Waals surface area contributed by atoms with E-state index in [9.17, 15) is 0 Å². The number of nitrogen functional groups attached to an aromatic ring is 1. The van der Waals surface area contributed by atoms with Gasteiger partial charge in [0.15, 0.2) is 5.82 Å². The van der Waals surface area contributed by atoms with Crippen molar-refractivity contribution in [2.24, 2.45) is 0 Å². The smallest absolute Gasteiger partial charge is 0.260 e. The molecule has 5 heteroatoms. The maximum absolute atomic E-state index is 5.79. The number of nitrogens with zero attached hydrogens (tertiary/aromatic N) is 3. The van der Waals surface area contributed by atoms with Gasteiger partial charge in [-0.3, -0.25) is 4.98 Å². The third kappa shape index (κ3) is 1.44. The summed E-state index contributed by atoms with van der Waals surface area (Å²) < 4.78 is 5.22. The number of aromatic nitrogens is 3. The van der Waals surface area contributed by atoms with Crippen LogP contribution in [0.1, 0.15) is 31.0 Å². The zero-order valence-corrected chi connectivity index (χ0v) is 8.76. The molecule has 0 bridgehead atoms. The molecule has 16 heavy (non-hydrogen) atoms. The summed E-state index contributed by atoms with van der Waals surface area (Å²) in [6.07, 6.45) is 6.82. The van der Waals surface area contributed by atoms with Gasteiger partial charge in [0.05, 0.1) is 17.4 Å². The number of hydrogen-bond acceptors (Lipinski definition) is 5. The van der Waals surface area contributed by atoms with Crippen molar-refractivity contribution in [2.45, 2.75) is 25.2 Å². The molecule has 0 unspecified atom stereocenters. The monoisotopic (exact) mass is 216 g/mol. The highest BCUT2D eigenvalue weighted by molar-refractivity contribution is 5.68. The molecule has 0 saturated heterocycles. The summed E-state index contributed by atoms with van der Waals surface area (Å²) in [5, 5.41) is 3.99. The second kappa shape index (κ2) is 3.59. The standard InChI is InChI=1S/C11H12N4O/c12-9-6-13-5-4-8(9)11-14-10(15-16-11)7-2-1-3-7/h4-7H,1-3,12H2. The normalized spacial score (nSPS) is 16.0. The lowest BCUT2D eigenvalue weighted by Crippen LogP contribution is -2.10. The lowest BCUT2D eigenvalue weighted by Gasteiger charge is -2.20. The Bertz CT molecular complexity index is 504. The molecule has 2 N–H and O–H groups in total. The van der Waals surface area contributed by atoms with Gasteiger partial charge in [0.2, 0.25) is 0 Å². The lowest BCUT2D eigenvalue weighted by atomic mass is 9.85. The zero-order valence-electron chi connectivity index (χ0n) is 8.76. The molecule has 2 aromatic rings. The maximum atomic E-state index is 5.79. The van der Waals surface area contributed by atoms with Crippen LogP contribution in [0.3, 0.4) is 0 Å². The average molecular weight is 216 g/mol. The Morgan fingerprint density at radius 2 is 2.25 bits per heavy atom. The third-order valence-corrected chi connectivity index (χ3v) is 2.99. The molecule has 1 saturated carbocycles. The van der Waals surface area contributed by atoms with Crippen molar-refractivity contribution >= 4 is 5.69 Å². The predicted octanol–water partition coefficient (Wildman–Crippen LogP) is 1.98. The van der Waals surface area contributed by atoms with E-state index in [0.29, 0.717) is 17.5 Å². The van der Waals surface area contributed by atoms with Crippen LogP contribution in [0, 0.1) is 0 Å². The van der Waals surface area contributed by atoms with Crippen molar-refractivity contribution in [1.29, 1.82) is 0 Å². The number of anilines is 1. The molecule has 3 rings (SSSR count). The van der Waals surface area contributed by atoms with E-state index in [4.69, 9.17) is 10.3 Å². The van der Waals surface area contributed by atoms with Gasteiger partial charge >= 0.3 is 0 Å². The van der Waals surface area contributed by atoms with Gasteiger partial charge in [-0.25, -0.2) is 0 Å². The molecule has 1 aliphatic carbocycles. The van der Waals surface area contributed by atoms with E-state index in [2.05, 4.69) is 15.1 Å².